The number of hydrogen-bond acceptors (Lipinski definition) is 4. The summed E-state index contributed by atoms with van der Waals surface area (Å²) in [6.07, 6.45) is 0. The molecule has 0 fully saturated rings. The summed E-state index contributed by atoms with van der Waals surface area (Å²) < 4.78 is 12.9. The molecule has 0 saturated carbocycles. The molecule has 0 atom stereocenters. The van der Waals surface area contributed by atoms with E-state index in [4.69, 9.17) is 0 Å². The highest BCUT2D eigenvalue weighted by atomic mass is 19.1. The van der Waals surface area contributed by atoms with Gasteiger partial charge in [0.05, 0.1) is 5.69 Å². The van der Waals surface area contributed by atoms with Gasteiger partial charge in [-0.3, -0.25) is 4.79 Å². The van der Waals surface area contributed by atoms with Crippen molar-refractivity contribution in [3.8, 4) is 0 Å². The van der Waals surface area contributed by atoms with Crippen LogP contribution in [0.4, 0.5) is 10.1 Å². The van der Waals surface area contributed by atoms with E-state index in [0.29, 0.717) is 17.8 Å². The van der Waals surface area contributed by atoms with E-state index in [2.05, 4.69) is 16.4 Å². The molecule has 0 bridgehead atoms. The number of rotatable bonds is 5. The predicted molar refractivity (Wildman–Crippen MR) is 56.8 cm³/mol. The third-order valence-corrected chi connectivity index (χ3v) is 1.82. The summed E-state index contributed by atoms with van der Waals surface area (Å²) >= 11 is 0. The van der Waals surface area contributed by atoms with Gasteiger partial charge < -0.3 is 5.43 Å². The summed E-state index contributed by atoms with van der Waals surface area (Å²) in [7, 11) is 0. The Hall–Kier alpha value is -1.46. The fourth-order valence-electron chi connectivity index (χ4n) is 1.13. The highest BCUT2D eigenvalue weighted by Gasteiger charge is 2.07. The first-order chi connectivity index (χ1) is 7.15. The molecule has 1 aromatic rings. The van der Waals surface area contributed by atoms with Crippen molar-refractivity contribution < 1.29 is 9.18 Å². The molecule has 82 valence electrons. The quantitative estimate of drug-likeness (QED) is 0.392. The first-order valence-electron chi connectivity index (χ1n) is 4.69. The number of ketones is 1. The number of halogens is 1. The van der Waals surface area contributed by atoms with Crippen LogP contribution in [0.3, 0.4) is 0 Å². The van der Waals surface area contributed by atoms with Crippen LogP contribution in [0.5, 0.6) is 0 Å². The van der Waals surface area contributed by atoms with Crippen LogP contribution in [0.15, 0.2) is 18.2 Å². The second kappa shape index (κ2) is 5.43. The van der Waals surface area contributed by atoms with Crippen LogP contribution in [-0.2, 0) is 0 Å². The molecule has 0 amide bonds. The lowest BCUT2D eigenvalue weighted by Crippen LogP contribution is -2.36. The maximum Gasteiger partial charge on any atom is 0.161 e. The Kier molecular flexibility index (Phi) is 4.20. The summed E-state index contributed by atoms with van der Waals surface area (Å²) in [5, 5.41) is 0. The minimum absolute atomic E-state index is 0.115. The first kappa shape index (κ1) is 11.6. The standard InChI is InChI=1S/C10H14FN3O/c1-3-12-14-13-10-6-8(11)4-5-9(10)7(2)15/h4-6,12-14H,3H2,1-2H3. The van der Waals surface area contributed by atoms with Gasteiger partial charge in [0.15, 0.2) is 5.78 Å². The third-order valence-electron chi connectivity index (χ3n) is 1.82. The van der Waals surface area contributed by atoms with Gasteiger partial charge in [0.1, 0.15) is 5.82 Å². The van der Waals surface area contributed by atoms with Gasteiger partial charge in [-0.25, -0.2) is 9.82 Å². The van der Waals surface area contributed by atoms with Gasteiger partial charge in [-0.2, -0.15) is 5.53 Å². The Labute approximate surface area is 87.8 Å². The van der Waals surface area contributed by atoms with E-state index in [0.717, 1.165) is 0 Å². The van der Waals surface area contributed by atoms with Crippen molar-refractivity contribution in [3.05, 3.63) is 29.6 Å². The third kappa shape index (κ3) is 3.30. The van der Waals surface area contributed by atoms with E-state index >= 15 is 0 Å². The Morgan fingerprint density at radius 3 is 2.80 bits per heavy atom. The number of benzene rings is 1. The molecule has 0 aliphatic rings. The lowest BCUT2D eigenvalue weighted by Gasteiger charge is -2.11. The van der Waals surface area contributed by atoms with Gasteiger partial charge in [-0.15, -0.1) is 0 Å². The van der Waals surface area contributed by atoms with E-state index in [-0.39, 0.29) is 11.6 Å². The van der Waals surface area contributed by atoms with Crippen molar-refractivity contribution in [2.24, 2.45) is 0 Å². The van der Waals surface area contributed by atoms with Crippen LogP contribution >= 0.6 is 0 Å². The maximum absolute atomic E-state index is 12.9. The fourth-order valence-corrected chi connectivity index (χ4v) is 1.13. The molecule has 4 nitrogen and oxygen atoms in total. The zero-order valence-corrected chi connectivity index (χ0v) is 8.73. The monoisotopic (exact) mass is 211 g/mol. The van der Waals surface area contributed by atoms with E-state index in [1.165, 1.54) is 25.1 Å². The molecule has 1 rings (SSSR count). The van der Waals surface area contributed by atoms with Crippen molar-refractivity contribution in [1.29, 1.82) is 0 Å². The molecule has 0 unspecified atom stereocenters. The van der Waals surface area contributed by atoms with E-state index in [1.807, 2.05) is 6.92 Å². The Morgan fingerprint density at radius 2 is 2.20 bits per heavy atom. The Morgan fingerprint density at radius 1 is 1.47 bits per heavy atom. The predicted octanol–water partition coefficient (Wildman–Crippen LogP) is 1.47. The molecule has 0 spiro atoms. The number of anilines is 1. The molecule has 0 saturated heterocycles. The average molecular weight is 211 g/mol. The molecule has 15 heavy (non-hydrogen) atoms. The molecular formula is C10H14FN3O. The number of hydrogen-bond donors (Lipinski definition) is 3. The van der Waals surface area contributed by atoms with Gasteiger partial charge in [0.25, 0.3) is 0 Å². The van der Waals surface area contributed by atoms with Gasteiger partial charge in [-0.1, -0.05) is 6.92 Å². The van der Waals surface area contributed by atoms with Crippen molar-refractivity contribution in [3.63, 3.8) is 0 Å². The van der Waals surface area contributed by atoms with Crippen LogP contribution in [0, 0.1) is 5.82 Å². The summed E-state index contributed by atoms with van der Waals surface area (Å²) in [6, 6.07) is 3.98. The first-order valence-corrected chi connectivity index (χ1v) is 4.69. The van der Waals surface area contributed by atoms with Crippen molar-refractivity contribution in [1.82, 2.24) is 11.0 Å². The topological polar surface area (TPSA) is 53.2 Å². The van der Waals surface area contributed by atoms with Crippen LogP contribution in [0.1, 0.15) is 24.2 Å². The molecule has 3 N–H and O–H groups in total. The molecule has 0 aliphatic carbocycles. The lowest BCUT2D eigenvalue weighted by molar-refractivity contribution is 0.101. The molecule has 0 radical (unpaired) electrons. The number of hydrazine groups is 2. The van der Waals surface area contributed by atoms with Crippen LogP contribution < -0.4 is 16.4 Å². The highest BCUT2D eigenvalue weighted by molar-refractivity contribution is 5.99. The number of Topliss-reactive ketones (excluding diaryl/α,β-unsaturated/α-hetero) is 1. The molecular weight excluding hydrogens is 197 g/mol. The number of carbonyl (C=O) groups is 1. The van der Waals surface area contributed by atoms with Gasteiger partial charge in [0.2, 0.25) is 0 Å². The molecule has 0 aromatic heterocycles. The largest absolute Gasteiger partial charge is 0.307 e. The normalized spacial score (nSPS) is 10.1. The van der Waals surface area contributed by atoms with Gasteiger partial charge in [0, 0.05) is 12.1 Å². The second-order valence-electron chi connectivity index (χ2n) is 3.03. The minimum atomic E-state index is -0.388. The smallest absolute Gasteiger partial charge is 0.161 e. The van der Waals surface area contributed by atoms with Crippen LogP contribution in [-0.4, -0.2) is 12.3 Å². The van der Waals surface area contributed by atoms with Crippen molar-refractivity contribution >= 4 is 11.5 Å². The number of nitrogens with one attached hydrogen (secondary N) is 3. The lowest BCUT2D eigenvalue weighted by atomic mass is 10.1. The Bertz CT molecular complexity index is 355. The maximum atomic E-state index is 12.9. The molecule has 0 aliphatic heterocycles. The Balaban J connectivity index is 2.82. The van der Waals surface area contributed by atoms with Crippen molar-refractivity contribution in [2.45, 2.75) is 13.8 Å². The minimum Gasteiger partial charge on any atom is -0.307 e. The summed E-state index contributed by atoms with van der Waals surface area (Å²) in [6.45, 7) is 4.05. The van der Waals surface area contributed by atoms with Gasteiger partial charge in [-0.05, 0) is 25.1 Å². The molecule has 0 heterocycles. The summed E-state index contributed by atoms with van der Waals surface area (Å²) in [5.74, 6) is -0.503. The molecule has 1 aromatic carbocycles. The fraction of sp³-hybridized carbons (Fsp3) is 0.300. The number of carbonyl (C=O) groups excluding carboxylic acids is 1. The summed E-state index contributed by atoms with van der Waals surface area (Å²) in [4.78, 5) is 11.2. The van der Waals surface area contributed by atoms with E-state index in [1.54, 1.807) is 0 Å². The zero-order valence-electron chi connectivity index (χ0n) is 8.73. The molecule has 5 heteroatoms. The highest BCUT2D eigenvalue weighted by Crippen LogP contribution is 2.16. The van der Waals surface area contributed by atoms with Crippen molar-refractivity contribution in [2.75, 3.05) is 12.0 Å². The van der Waals surface area contributed by atoms with Crippen LogP contribution in [0.25, 0.3) is 0 Å². The van der Waals surface area contributed by atoms with E-state index in [9.17, 15) is 9.18 Å². The average Bonchev–Trinajstić information content (AvgIpc) is 2.18. The van der Waals surface area contributed by atoms with E-state index < -0.39 is 0 Å². The second-order valence-corrected chi connectivity index (χ2v) is 3.03. The zero-order chi connectivity index (χ0) is 11.3. The van der Waals surface area contributed by atoms with Gasteiger partial charge >= 0.3 is 0 Å². The summed E-state index contributed by atoms with van der Waals surface area (Å²) in [5.41, 5.74) is 9.02. The van der Waals surface area contributed by atoms with Crippen LogP contribution in [0.2, 0.25) is 0 Å². The SMILES string of the molecule is CCNNNc1cc(F)ccc1C(C)=O.